The Bertz CT molecular complexity index is 446. The van der Waals surface area contributed by atoms with Gasteiger partial charge in [-0.15, -0.1) is 0 Å². The van der Waals surface area contributed by atoms with E-state index in [1.54, 1.807) is 0 Å². The minimum Gasteiger partial charge on any atom is -0.359 e. The highest BCUT2D eigenvalue weighted by Gasteiger charge is 2.39. The highest BCUT2D eigenvalue weighted by Crippen LogP contribution is 2.44. The van der Waals surface area contributed by atoms with Gasteiger partial charge in [0.05, 0.1) is 0 Å². The lowest BCUT2D eigenvalue weighted by molar-refractivity contribution is 0.392. The number of benzene rings is 1. The molecule has 0 amide bonds. The van der Waals surface area contributed by atoms with Crippen LogP contribution in [0.2, 0.25) is 0 Å². The van der Waals surface area contributed by atoms with Gasteiger partial charge in [0, 0.05) is 16.2 Å². The van der Waals surface area contributed by atoms with Crippen LogP contribution in [0.5, 0.6) is 0 Å². The number of thiocarbonyl (C=S) groups is 1. The predicted octanol–water partition coefficient (Wildman–Crippen LogP) is 3.92. The summed E-state index contributed by atoms with van der Waals surface area (Å²) in [7, 11) is 0. The lowest BCUT2D eigenvalue weighted by atomic mass is 9.96. The number of hydrogen-bond acceptors (Lipinski definition) is 1. The molecule has 2 saturated carbocycles. The molecule has 0 unspecified atom stereocenters. The maximum atomic E-state index is 5.39. The monoisotopic (exact) mass is 324 g/mol. The van der Waals surface area contributed by atoms with E-state index in [-0.39, 0.29) is 0 Å². The van der Waals surface area contributed by atoms with E-state index in [4.69, 9.17) is 12.2 Å². The normalized spacial score (nSPS) is 29.3. The molecule has 2 aliphatic carbocycles. The van der Waals surface area contributed by atoms with Crippen LogP contribution >= 0.6 is 28.1 Å². The fourth-order valence-electron chi connectivity index (χ4n) is 3.29. The Labute approximate surface area is 122 Å². The van der Waals surface area contributed by atoms with E-state index in [2.05, 4.69) is 26.6 Å². The largest absolute Gasteiger partial charge is 0.359 e. The fraction of sp³-hybridized carbons (Fsp3) is 0.500. The molecule has 2 fully saturated rings. The van der Waals surface area contributed by atoms with Crippen LogP contribution in [-0.4, -0.2) is 11.2 Å². The van der Waals surface area contributed by atoms with Crippen LogP contribution in [-0.2, 0) is 0 Å². The Morgan fingerprint density at radius 1 is 1.17 bits per heavy atom. The first-order chi connectivity index (χ1) is 8.70. The van der Waals surface area contributed by atoms with Crippen LogP contribution in [0, 0.1) is 11.8 Å². The van der Waals surface area contributed by atoms with Gasteiger partial charge in [0.15, 0.2) is 5.11 Å². The van der Waals surface area contributed by atoms with Crippen LogP contribution < -0.4 is 10.6 Å². The lowest BCUT2D eigenvalue weighted by Crippen LogP contribution is -2.40. The van der Waals surface area contributed by atoms with Crippen molar-refractivity contribution in [1.82, 2.24) is 5.32 Å². The second-order valence-corrected chi connectivity index (χ2v) is 6.71. The number of rotatable bonds is 2. The predicted molar refractivity (Wildman–Crippen MR) is 82.7 cm³/mol. The maximum absolute atomic E-state index is 5.39. The topological polar surface area (TPSA) is 24.1 Å². The average Bonchev–Trinajstić information content (AvgIpc) is 2.94. The van der Waals surface area contributed by atoms with Crippen molar-refractivity contribution in [2.75, 3.05) is 5.32 Å². The van der Waals surface area contributed by atoms with E-state index in [0.717, 1.165) is 27.1 Å². The fourth-order valence-corrected chi connectivity index (χ4v) is 3.82. The third-order valence-corrected chi connectivity index (χ3v) is 4.91. The van der Waals surface area contributed by atoms with Crippen molar-refractivity contribution in [3.8, 4) is 0 Å². The summed E-state index contributed by atoms with van der Waals surface area (Å²) in [4.78, 5) is 0. The number of anilines is 1. The molecule has 4 heteroatoms. The number of hydrogen-bond donors (Lipinski definition) is 2. The first-order valence-corrected chi connectivity index (χ1v) is 7.74. The quantitative estimate of drug-likeness (QED) is 0.806. The third kappa shape index (κ3) is 2.69. The summed E-state index contributed by atoms with van der Waals surface area (Å²) in [6.07, 6.45) is 5.50. The van der Waals surface area contributed by atoms with E-state index >= 15 is 0 Å². The van der Waals surface area contributed by atoms with Gasteiger partial charge in [0.1, 0.15) is 0 Å². The van der Waals surface area contributed by atoms with E-state index in [0.29, 0.717) is 6.04 Å². The lowest BCUT2D eigenvalue weighted by Gasteiger charge is -2.24. The standard InChI is InChI=1S/C14H17BrN2S/c15-11-3-5-12(6-4-11)16-14(18)17-13-8-9-1-2-10(13)7-9/h3-6,9-10,13H,1-2,7-8H2,(H2,16,17,18)/t9-,10+,13-/m0/s1. The van der Waals surface area contributed by atoms with Gasteiger partial charge in [-0.3, -0.25) is 0 Å². The summed E-state index contributed by atoms with van der Waals surface area (Å²) in [6, 6.07) is 8.68. The summed E-state index contributed by atoms with van der Waals surface area (Å²) in [6.45, 7) is 0. The Morgan fingerprint density at radius 2 is 1.94 bits per heavy atom. The minimum absolute atomic E-state index is 0.596. The van der Waals surface area contributed by atoms with Gasteiger partial charge in [-0.2, -0.15) is 0 Å². The Kier molecular flexibility index (Phi) is 3.57. The van der Waals surface area contributed by atoms with Gasteiger partial charge >= 0.3 is 0 Å². The maximum Gasteiger partial charge on any atom is 0.171 e. The molecule has 0 aromatic heterocycles. The van der Waals surface area contributed by atoms with E-state index in [9.17, 15) is 0 Å². The van der Waals surface area contributed by atoms with Crippen molar-refractivity contribution in [1.29, 1.82) is 0 Å². The molecule has 3 rings (SSSR count). The van der Waals surface area contributed by atoms with Crippen LogP contribution in [0.25, 0.3) is 0 Å². The number of nitrogens with one attached hydrogen (secondary N) is 2. The molecule has 0 radical (unpaired) electrons. The summed E-state index contributed by atoms with van der Waals surface area (Å²) in [5, 5.41) is 7.50. The van der Waals surface area contributed by atoms with Gasteiger partial charge in [-0.25, -0.2) is 0 Å². The van der Waals surface area contributed by atoms with Crippen molar-refractivity contribution >= 4 is 38.9 Å². The highest BCUT2D eigenvalue weighted by atomic mass is 79.9. The SMILES string of the molecule is S=C(Nc1ccc(Br)cc1)N[C@H]1C[C@H]2CC[C@@H]1C2. The highest BCUT2D eigenvalue weighted by molar-refractivity contribution is 9.10. The van der Waals surface area contributed by atoms with E-state index in [1.165, 1.54) is 25.7 Å². The molecule has 2 nitrogen and oxygen atoms in total. The zero-order chi connectivity index (χ0) is 12.5. The molecule has 2 N–H and O–H groups in total. The third-order valence-electron chi connectivity index (χ3n) is 4.16. The van der Waals surface area contributed by atoms with Crippen molar-refractivity contribution in [2.45, 2.75) is 31.7 Å². The molecule has 0 aliphatic heterocycles. The minimum atomic E-state index is 0.596. The zero-order valence-electron chi connectivity index (χ0n) is 10.2. The summed E-state index contributed by atoms with van der Waals surface area (Å²) >= 11 is 8.82. The smallest absolute Gasteiger partial charge is 0.171 e. The van der Waals surface area contributed by atoms with Gasteiger partial charge in [0.2, 0.25) is 0 Å². The van der Waals surface area contributed by atoms with Gasteiger partial charge in [0.25, 0.3) is 0 Å². The first-order valence-electron chi connectivity index (χ1n) is 6.54. The van der Waals surface area contributed by atoms with Gasteiger partial charge < -0.3 is 10.6 Å². The molecule has 1 aromatic carbocycles. The summed E-state index contributed by atoms with van der Waals surface area (Å²) in [5.41, 5.74) is 1.04. The number of halogens is 1. The van der Waals surface area contributed by atoms with Crippen LogP contribution in [0.4, 0.5) is 5.69 Å². The van der Waals surface area contributed by atoms with E-state index in [1.807, 2.05) is 24.3 Å². The van der Waals surface area contributed by atoms with Crippen LogP contribution in [0.1, 0.15) is 25.7 Å². The second-order valence-electron chi connectivity index (χ2n) is 5.39. The second kappa shape index (κ2) is 5.17. The average molecular weight is 325 g/mol. The van der Waals surface area contributed by atoms with Gasteiger partial charge in [-0.05, 0) is 67.6 Å². The molecule has 96 valence electrons. The van der Waals surface area contributed by atoms with Crippen molar-refractivity contribution < 1.29 is 0 Å². The first kappa shape index (κ1) is 12.4. The van der Waals surface area contributed by atoms with E-state index < -0.39 is 0 Å². The molecule has 18 heavy (non-hydrogen) atoms. The molecule has 2 bridgehead atoms. The summed E-state index contributed by atoms with van der Waals surface area (Å²) in [5.74, 6) is 1.79. The van der Waals surface area contributed by atoms with Crippen LogP contribution in [0.3, 0.4) is 0 Å². The zero-order valence-corrected chi connectivity index (χ0v) is 12.6. The Hall–Kier alpha value is -0.610. The molecule has 0 spiro atoms. The molecule has 0 saturated heterocycles. The molecule has 1 aromatic rings. The Balaban J connectivity index is 1.54. The Morgan fingerprint density at radius 3 is 2.56 bits per heavy atom. The summed E-state index contributed by atoms with van der Waals surface area (Å²) < 4.78 is 1.08. The molecule has 2 aliphatic rings. The van der Waals surface area contributed by atoms with Gasteiger partial charge in [-0.1, -0.05) is 22.4 Å². The van der Waals surface area contributed by atoms with Crippen molar-refractivity contribution in [2.24, 2.45) is 11.8 Å². The molecular formula is C14H17BrN2S. The molecule has 0 heterocycles. The van der Waals surface area contributed by atoms with Crippen molar-refractivity contribution in [3.63, 3.8) is 0 Å². The molecular weight excluding hydrogens is 308 g/mol. The van der Waals surface area contributed by atoms with Crippen molar-refractivity contribution in [3.05, 3.63) is 28.7 Å². The van der Waals surface area contributed by atoms with Crippen LogP contribution in [0.15, 0.2) is 28.7 Å². The molecule has 3 atom stereocenters. The number of fused-ring (bicyclic) bond motifs is 2.